The molecule has 0 aromatic carbocycles. The Morgan fingerprint density at radius 3 is 2.68 bits per heavy atom. The second-order valence-electron chi connectivity index (χ2n) is 6.10. The van der Waals surface area contributed by atoms with Crippen molar-refractivity contribution in [2.45, 2.75) is 6.92 Å². The second kappa shape index (κ2) is 6.93. The highest BCUT2D eigenvalue weighted by Crippen LogP contribution is 2.13. The van der Waals surface area contributed by atoms with Gasteiger partial charge in [-0.15, -0.1) is 0 Å². The van der Waals surface area contributed by atoms with E-state index >= 15 is 0 Å². The zero-order valence-electron chi connectivity index (χ0n) is 14.3. The summed E-state index contributed by atoms with van der Waals surface area (Å²) in [4.78, 5) is 34.3. The number of H-pyrrole nitrogens is 1. The molecule has 3 rings (SSSR count). The van der Waals surface area contributed by atoms with Gasteiger partial charge in [0, 0.05) is 45.5 Å². The molecule has 10 heteroatoms. The molecule has 10 nitrogen and oxygen atoms in total. The van der Waals surface area contributed by atoms with E-state index in [1.807, 2.05) is 18.9 Å². The highest BCUT2D eigenvalue weighted by atomic mass is 16.2. The monoisotopic (exact) mass is 346 g/mol. The molecule has 0 saturated carbocycles. The number of aryl methyl sites for hydroxylation is 2. The van der Waals surface area contributed by atoms with Gasteiger partial charge < -0.3 is 16.0 Å². The number of aromatic nitrogens is 4. The minimum atomic E-state index is -0.267. The first kappa shape index (κ1) is 17.0. The largest absolute Gasteiger partial charge is 0.369 e. The second-order valence-corrected chi connectivity index (χ2v) is 6.10. The summed E-state index contributed by atoms with van der Waals surface area (Å²) in [5.41, 5.74) is 6.84. The number of anilines is 3. The van der Waals surface area contributed by atoms with Gasteiger partial charge in [0.1, 0.15) is 5.82 Å². The first-order chi connectivity index (χ1) is 11.9. The van der Waals surface area contributed by atoms with Gasteiger partial charge in [-0.1, -0.05) is 0 Å². The van der Waals surface area contributed by atoms with Crippen molar-refractivity contribution in [3.05, 3.63) is 28.3 Å². The van der Waals surface area contributed by atoms with Gasteiger partial charge in [0.25, 0.3) is 5.56 Å². The molecule has 1 aliphatic heterocycles. The smallest absolute Gasteiger partial charge is 0.254 e. The van der Waals surface area contributed by atoms with Crippen molar-refractivity contribution >= 4 is 23.4 Å². The van der Waals surface area contributed by atoms with E-state index in [1.165, 1.54) is 6.07 Å². The summed E-state index contributed by atoms with van der Waals surface area (Å²) < 4.78 is 1.67. The van der Waals surface area contributed by atoms with Crippen LogP contribution >= 0.6 is 0 Å². The lowest BCUT2D eigenvalue weighted by atomic mass is 10.3. The Balaban J connectivity index is 1.53. The van der Waals surface area contributed by atoms with E-state index in [4.69, 9.17) is 5.73 Å². The fraction of sp³-hybridized carbons (Fsp3) is 0.467. The van der Waals surface area contributed by atoms with Crippen molar-refractivity contribution < 1.29 is 4.79 Å². The Morgan fingerprint density at radius 1 is 1.36 bits per heavy atom. The number of nitrogens with one attached hydrogen (secondary N) is 2. The lowest BCUT2D eigenvalue weighted by Crippen LogP contribution is -2.49. The standard InChI is InChI=1S/C15H22N8O2/c1-10-11(8-21(2)20-10)17-14(25)9-22-3-5-23(6-4-22)12-7-13(24)19-15(16)18-12/h7-8H,3-6,9H2,1-2H3,(H,17,25)(H3,16,18,19,24). The van der Waals surface area contributed by atoms with Crippen LogP contribution in [0.4, 0.5) is 17.5 Å². The van der Waals surface area contributed by atoms with E-state index in [2.05, 4.69) is 25.3 Å². The van der Waals surface area contributed by atoms with Gasteiger partial charge in [0.15, 0.2) is 0 Å². The first-order valence-corrected chi connectivity index (χ1v) is 8.05. The number of hydrogen-bond donors (Lipinski definition) is 3. The topological polar surface area (TPSA) is 125 Å². The van der Waals surface area contributed by atoms with Crippen LogP contribution in [0.5, 0.6) is 0 Å². The maximum atomic E-state index is 12.2. The summed E-state index contributed by atoms with van der Waals surface area (Å²) in [5, 5.41) is 7.09. The summed E-state index contributed by atoms with van der Waals surface area (Å²) in [6.45, 7) is 4.92. The molecule has 4 N–H and O–H groups in total. The predicted molar refractivity (Wildman–Crippen MR) is 94.5 cm³/mol. The van der Waals surface area contributed by atoms with Crippen LogP contribution in [-0.4, -0.2) is 63.3 Å². The van der Waals surface area contributed by atoms with E-state index in [-0.39, 0.29) is 17.4 Å². The molecule has 25 heavy (non-hydrogen) atoms. The number of nitrogen functional groups attached to an aromatic ring is 1. The highest BCUT2D eigenvalue weighted by molar-refractivity contribution is 5.92. The molecule has 2 aromatic heterocycles. The van der Waals surface area contributed by atoms with Crippen LogP contribution in [0.1, 0.15) is 5.69 Å². The number of carbonyl (C=O) groups excluding carboxylic acids is 1. The average Bonchev–Trinajstić information content (AvgIpc) is 2.84. The van der Waals surface area contributed by atoms with Crippen LogP contribution in [0.2, 0.25) is 0 Å². The Hall–Kier alpha value is -2.88. The summed E-state index contributed by atoms with van der Waals surface area (Å²) in [6, 6.07) is 1.43. The van der Waals surface area contributed by atoms with Crippen LogP contribution in [-0.2, 0) is 11.8 Å². The number of carbonyl (C=O) groups is 1. The maximum absolute atomic E-state index is 12.2. The zero-order valence-corrected chi connectivity index (χ0v) is 14.3. The number of nitrogens with zero attached hydrogens (tertiary/aromatic N) is 5. The van der Waals surface area contributed by atoms with Crippen molar-refractivity contribution in [1.82, 2.24) is 24.6 Å². The zero-order chi connectivity index (χ0) is 18.0. The van der Waals surface area contributed by atoms with Gasteiger partial charge >= 0.3 is 0 Å². The van der Waals surface area contributed by atoms with E-state index in [0.29, 0.717) is 38.5 Å². The molecule has 1 aliphatic rings. The fourth-order valence-electron chi connectivity index (χ4n) is 2.88. The van der Waals surface area contributed by atoms with E-state index in [0.717, 1.165) is 11.4 Å². The van der Waals surface area contributed by atoms with E-state index < -0.39 is 0 Å². The third kappa shape index (κ3) is 4.15. The van der Waals surface area contributed by atoms with E-state index in [9.17, 15) is 9.59 Å². The molecule has 1 fully saturated rings. The molecule has 1 amide bonds. The van der Waals surface area contributed by atoms with Crippen molar-refractivity contribution in [1.29, 1.82) is 0 Å². The molecule has 3 heterocycles. The third-order valence-electron chi connectivity index (χ3n) is 4.10. The lowest BCUT2D eigenvalue weighted by Gasteiger charge is -2.34. The van der Waals surface area contributed by atoms with Gasteiger partial charge in [0.2, 0.25) is 11.9 Å². The molecule has 0 atom stereocenters. The summed E-state index contributed by atoms with van der Waals surface area (Å²) in [6.07, 6.45) is 1.79. The molecule has 0 unspecified atom stereocenters. The summed E-state index contributed by atoms with van der Waals surface area (Å²) in [5.74, 6) is 0.607. The highest BCUT2D eigenvalue weighted by Gasteiger charge is 2.21. The molecule has 0 bridgehead atoms. The Bertz CT molecular complexity index is 819. The van der Waals surface area contributed by atoms with Crippen molar-refractivity contribution in [2.24, 2.45) is 7.05 Å². The molecular weight excluding hydrogens is 324 g/mol. The van der Waals surface area contributed by atoms with Gasteiger partial charge in [-0.3, -0.25) is 24.2 Å². The number of amides is 1. The number of nitrogens with two attached hydrogens (primary N) is 1. The fourth-order valence-corrected chi connectivity index (χ4v) is 2.88. The minimum absolute atomic E-state index is 0.0666. The van der Waals surface area contributed by atoms with Crippen LogP contribution in [0.25, 0.3) is 0 Å². The molecule has 0 radical (unpaired) electrons. The Labute approximate surface area is 144 Å². The van der Waals surface area contributed by atoms with Crippen LogP contribution < -0.4 is 21.5 Å². The summed E-state index contributed by atoms with van der Waals surface area (Å²) >= 11 is 0. The predicted octanol–water partition coefficient (Wildman–Crippen LogP) is -0.845. The number of rotatable bonds is 4. The maximum Gasteiger partial charge on any atom is 0.254 e. The normalized spacial score (nSPS) is 15.4. The van der Waals surface area contributed by atoms with Crippen molar-refractivity contribution in [3.8, 4) is 0 Å². The Kier molecular flexibility index (Phi) is 4.70. The Morgan fingerprint density at radius 2 is 2.08 bits per heavy atom. The van der Waals surface area contributed by atoms with Crippen molar-refractivity contribution in [3.63, 3.8) is 0 Å². The average molecular weight is 346 g/mol. The van der Waals surface area contributed by atoms with Gasteiger partial charge in [-0.2, -0.15) is 10.1 Å². The quantitative estimate of drug-likeness (QED) is 0.659. The molecule has 0 spiro atoms. The van der Waals surface area contributed by atoms with Crippen LogP contribution in [0, 0.1) is 6.92 Å². The van der Waals surface area contributed by atoms with Gasteiger partial charge in [-0.25, -0.2) is 0 Å². The van der Waals surface area contributed by atoms with Crippen molar-refractivity contribution in [2.75, 3.05) is 48.7 Å². The number of piperazine rings is 1. The van der Waals surface area contributed by atoms with E-state index in [1.54, 1.807) is 10.9 Å². The van der Waals surface area contributed by atoms with Gasteiger partial charge in [0.05, 0.1) is 17.9 Å². The van der Waals surface area contributed by atoms with Crippen LogP contribution in [0.15, 0.2) is 17.1 Å². The van der Waals surface area contributed by atoms with Gasteiger partial charge in [-0.05, 0) is 6.92 Å². The molecule has 2 aromatic rings. The molecule has 134 valence electrons. The summed E-state index contributed by atoms with van der Waals surface area (Å²) in [7, 11) is 1.82. The minimum Gasteiger partial charge on any atom is -0.369 e. The first-order valence-electron chi connectivity index (χ1n) is 8.05. The third-order valence-corrected chi connectivity index (χ3v) is 4.10. The number of hydrogen-bond acceptors (Lipinski definition) is 7. The molecular formula is C15H22N8O2. The molecule has 1 saturated heterocycles. The number of aromatic amines is 1. The molecule has 0 aliphatic carbocycles. The lowest BCUT2D eigenvalue weighted by molar-refractivity contribution is -0.117. The van der Waals surface area contributed by atoms with Crippen LogP contribution in [0.3, 0.4) is 0 Å². The SMILES string of the molecule is Cc1nn(C)cc1NC(=O)CN1CCN(c2cc(=O)[nH]c(N)n2)CC1.